The number of hydrazine groups is 1. The van der Waals surface area contributed by atoms with Crippen molar-refractivity contribution in [2.24, 2.45) is 5.84 Å². The van der Waals surface area contributed by atoms with Gasteiger partial charge in [0.25, 0.3) is 0 Å². The zero-order valence-corrected chi connectivity index (χ0v) is 9.07. The molecule has 0 spiro atoms. The second-order valence-corrected chi connectivity index (χ2v) is 3.46. The smallest absolute Gasteiger partial charge is 0.119 e. The van der Waals surface area contributed by atoms with Gasteiger partial charge in [-0.05, 0) is 24.6 Å². The van der Waals surface area contributed by atoms with E-state index in [0.29, 0.717) is 6.61 Å². The van der Waals surface area contributed by atoms with Crippen LogP contribution in [0.2, 0.25) is 0 Å². The van der Waals surface area contributed by atoms with Crippen LogP contribution in [-0.2, 0) is 0 Å². The van der Waals surface area contributed by atoms with Gasteiger partial charge in [0.05, 0.1) is 6.61 Å². The monoisotopic (exact) mass is 206 g/mol. The number of hydrogen-bond donors (Lipinski definition) is 2. The highest BCUT2D eigenvalue weighted by Crippen LogP contribution is 2.12. The van der Waals surface area contributed by atoms with Gasteiger partial charge in [-0.1, -0.05) is 18.2 Å². The molecule has 1 atom stereocenters. The lowest BCUT2D eigenvalue weighted by molar-refractivity contribution is 0.297. The van der Waals surface area contributed by atoms with Crippen molar-refractivity contribution in [1.82, 2.24) is 5.43 Å². The van der Waals surface area contributed by atoms with Gasteiger partial charge in [0.15, 0.2) is 0 Å². The first-order valence-corrected chi connectivity index (χ1v) is 5.04. The standard InChI is InChI=1S/C12H18N2O/c1-3-11(14-13)7-8-15-12-6-4-5-10(2)9-12/h3-6,9,11,14H,1,7-8,13H2,2H3. The number of aryl methyl sites for hydroxylation is 1. The number of hydrogen-bond acceptors (Lipinski definition) is 3. The first-order chi connectivity index (χ1) is 7.26. The molecule has 1 unspecified atom stereocenters. The van der Waals surface area contributed by atoms with E-state index in [0.717, 1.165) is 12.2 Å². The highest BCUT2D eigenvalue weighted by atomic mass is 16.5. The topological polar surface area (TPSA) is 47.3 Å². The number of benzene rings is 1. The van der Waals surface area contributed by atoms with E-state index >= 15 is 0 Å². The Labute approximate surface area is 90.9 Å². The fourth-order valence-corrected chi connectivity index (χ4v) is 1.28. The predicted octanol–water partition coefficient (Wildman–Crippen LogP) is 1.78. The summed E-state index contributed by atoms with van der Waals surface area (Å²) in [5.41, 5.74) is 3.85. The van der Waals surface area contributed by atoms with E-state index in [2.05, 4.69) is 12.0 Å². The number of nitrogens with two attached hydrogens (primary N) is 1. The third kappa shape index (κ3) is 4.14. The van der Waals surface area contributed by atoms with Crippen molar-refractivity contribution >= 4 is 0 Å². The molecule has 0 amide bonds. The minimum Gasteiger partial charge on any atom is -0.494 e. The molecule has 0 bridgehead atoms. The van der Waals surface area contributed by atoms with Crippen LogP contribution in [0.15, 0.2) is 36.9 Å². The Kier molecular flexibility index (Phi) is 4.87. The molecule has 3 nitrogen and oxygen atoms in total. The zero-order valence-electron chi connectivity index (χ0n) is 9.07. The van der Waals surface area contributed by atoms with Gasteiger partial charge in [0, 0.05) is 12.5 Å². The van der Waals surface area contributed by atoms with Crippen molar-refractivity contribution in [2.45, 2.75) is 19.4 Å². The maximum absolute atomic E-state index is 5.58. The molecule has 1 aromatic rings. The molecular formula is C12H18N2O. The molecule has 1 aromatic carbocycles. The summed E-state index contributed by atoms with van der Waals surface area (Å²) in [6.07, 6.45) is 2.59. The lowest BCUT2D eigenvalue weighted by atomic mass is 10.2. The Morgan fingerprint density at radius 2 is 2.40 bits per heavy atom. The van der Waals surface area contributed by atoms with Crippen LogP contribution in [0.25, 0.3) is 0 Å². The van der Waals surface area contributed by atoms with Gasteiger partial charge < -0.3 is 4.74 Å². The van der Waals surface area contributed by atoms with E-state index in [-0.39, 0.29) is 6.04 Å². The first-order valence-electron chi connectivity index (χ1n) is 5.04. The molecule has 15 heavy (non-hydrogen) atoms. The van der Waals surface area contributed by atoms with Gasteiger partial charge in [-0.3, -0.25) is 11.3 Å². The Bertz CT molecular complexity index is 312. The van der Waals surface area contributed by atoms with Crippen LogP contribution in [-0.4, -0.2) is 12.6 Å². The molecule has 0 aliphatic carbocycles. The molecule has 3 N–H and O–H groups in total. The van der Waals surface area contributed by atoms with Gasteiger partial charge >= 0.3 is 0 Å². The van der Waals surface area contributed by atoms with Gasteiger partial charge in [-0.25, -0.2) is 0 Å². The summed E-state index contributed by atoms with van der Waals surface area (Å²) in [6.45, 7) is 6.35. The largest absolute Gasteiger partial charge is 0.494 e. The van der Waals surface area contributed by atoms with Crippen molar-refractivity contribution in [1.29, 1.82) is 0 Å². The zero-order chi connectivity index (χ0) is 11.1. The average Bonchev–Trinajstić information content (AvgIpc) is 2.25. The summed E-state index contributed by atoms with van der Waals surface area (Å²) in [6, 6.07) is 8.09. The van der Waals surface area contributed by atoms with Gasteiger partial charge in [0.1, 0.15) is 5.75 Å². The third-order valence-electron chi connectivity index (χ3n) is 2.19. The minimum absolute atomic E-state index is 0.106. The lowest BCUT2D eigenvalue weighted by Gasteiger charge is -2.11. The molecule has 0 aliphatic heterocycles. The van der Waals surface area contributed by atoms with Crippen LogP contribution >= 0.6 is 0 Å². The molecule has 0 aliphatic rings. The fraction of sp³-hybridized carbons (Fsp3) is 0.333. The van der Waals surface area contributed by atoms with Crippen molar-refractivity contribution in [3.8, 4) is 5.75 Å². The second kappa shape index (κ2) is 6.22. The molecule has 0 aromatic heterocycles. The number of ether oxygens (including phenoxy) is 1. The first kappa shape index (κ1) is 11.8. The SMILES string of the molecule is C=CC(CCOc1cccc(C)c1)NN. The van der Waals surface area contributed by atoms with Gasteiger partial charge in [-0.15, -0.1) is 6.58 Å². The summed E-state index contributed by atoms with van der Waals surface area (Å²) < 4.78 is 5.58. The Morgan fingerprint density at radius 3 is 3.00 bits per heavy atom. The van der Waals surface area contributed by atoms with Gasteiger partial charge in [0.2, 0.25) is 0 Å². The summed E-state index contributed by atoms with van der Waals surface area (Å²) in [5.74, 6) is 6.21. The van der Waals surface area contributed by atoms with Crippen molar-refractivity contribution in [2.75, 3.05) is 6.61 Å². The highest BCUT2D eigenvalue weighted by Gasteiger charge is 2.01. The van der Waals surface area contributed by atoms with E-state index in [1.165, 1.54) is 5.56 Å². The molecule has 0 fully saturated rings. The summed E-state index contributed by atoms with van der Waals surface area (Å²) >= 11 is 0. The van der Waals surface area contributed by atoms with Crippen LogP contribution in [0.3, 0.4) is 0 Å². The minimum atomic E-state index is 0.106. The van der Waals surface area contributed by atoms with E-state index in [1.54, 1.807) is 6.08 Å². The van der Waals surface area contributed by atoms with Crippen LogP contribution in [0.1, 0.15) is 12.0 Å². The van der Waals surface area contributed by atoms with E-state index in [9.17, 15) is 0 Å². The highest BCUT2D eigenvalue weighted by molar-refractivity contribution is 5.27. The molecule has 82 valence electrons. The molecule has 0 heterocycles. The average molecular weight is 206 g/mol. The van der Waals surface area contributed by atoms with E-state index in [4.69, 9.17) is 10.6 Å². The maximum atomic E-state index is 5.58. The maximum Gasteiger partial charge on any atom is 0.119 e. The predicted molar refractivity (Wildman–Crippen MR) is 62.6 cm³/mol. The normalized spacial score (nSPS) is 12.1. The van der Waals surface area contributed by atoms with Crippen molar-refractivity contribution in [3.63, 3.8) is 0 Å². The summed E-state index contributed by atoms with van der Waals surface area (Å²) in [4.78, 5) is 0. The van der Waals surface area contributed by atoms with Crippen molar-refractivity contribution < 1.29 is 4.74 Å². The van der Waals surface area contributed by atoms with Crippen LogP contribution in [0, 0.1) is 6.92 Å². The van der Waals surface area contributed by atoms with Crippen LogP contribution < -0.4 is 16.0 Å². The van der Waals surface area contributed by atoms with Crippen molar-refractivity contribution in [3.05, 3.63) is 42.5 Å². The Morgan fingerprint density at radius 1 is 1.60 bits per heavy atom. The van der Waals surface area contributed by atoms with E-state index < -0.39 is 0 Å². The van der Waals surface area contributed by atoms with E-state index in [1.807, 2.05) is 31.2 Å². The quantitative estimate of drug-likeness (QED) is 0.424. The van der Waals surface area contributed by atoms with Crippen LogP contribution in [0.4, 0.5) is 0 Å². The summed E-state index contributed by atoms with van der Waals surface area (Å²) in [5, 5.41) is 0. The molecule has 0 saturated heterocycles. The lowest BCUT2D eigenvalue weighted by Crippen LogP contribution is -2.34. The second-order valence-electron chi connectivity index (χ2n) is 3.46. The number of rotatable bonds is 6. The third-order valence-corrected chi connectivity index (χ3v) is 2.19. The molecule has 0 saturated carbocycles. The molecule has 3 heteroatoms. The van der Waals surface area contributed by atoms with Gasteiger partial charge in [-0.2, -0.15) is 0 Å². The molecule has 1 rings (SSSR count). The Hall–Kier alpha value is -1.32. The summed E-state index contributed by atoms with van der Waals surface area (Å²) in [7, 11) is 0. The fourth-order valence-electron chi connectivity index (χ4n) is 1.28. The molecular weight excluding hydrogens is 188 g/mol. The van der Waals surface area contributed by atoms with Crippen LogP contribution in [0.5, 0.6) is 5.75 Å². The Balaban J connectivity index is 2.34. The molecule has 0 radical (unpaired) electrons. The number of nitrogens with one attached hydrogen (secondary N) is 1.